The largest absolute Gasteiger partial charge is 0.352 e. The van der Waals surface area contributed by atoms with E-state index in [1.54, 1.807) is 6.20 Å². The van der Waals surface area contributed by atoms with E-state index in [0.717, 1.165) is 59.4 Å². The fourth-order valence-electron chi connectivity index (χ4n) is 7.04. The molecule has 1 heterocycles. The summed E-state index contributed by atoms with van der Waals surface area (Å²) in [6.07, 6.45) is 8.99. The Kier molecular flexibility index (Phi) is 5.67. The van der Waals surface area contributed by atoms with E-state index in [0.29, 0.717) is 18.7 Å². The number of hydrogen-bond donors (Lipinski definition) is 3. The lowest BCUT2D eigenvalue weighted by atomic mass is 9.49. The van der Waals surface area contributed by atoms with Gasteiger partial charge in [-0.25, -0.2) is 0 Å². The van der Waals surface area contributed by atoms with Gasteiger partial charge in [0.25, 0.3) is 5.91 Å². The molecule has 180 valence electrons. The molecule has 3 N–H and O–H groups in total. The summed E-state index contributed by atoms with van der Waals surface area (Å²) in [5.74, 6) is 2.43. The molecule has 0 aliphatic heterocycles. The molecule has 35 heavy (non-hydrogen) atoms. The summed E-state index contributed by atoms with van der Waals surface area (Å²) < 4.78 is 0. The van der Waals surface area contributed by atoms with Gasteiger partial charge in [0.2, 0.25) is 5.91 Å². The van der Waals surface area contributed by atoms with Crippen LogP contribution in [0.25, 0.3) is 11.3 Å². The lowest BCUT2D eigenvalue weighted by Crippen LogP contribution is -2.53. The molecule has 4 aliphatic carbocycles. The molecule has 0 unspecified atom stereocenters. The van der Waals surface area contributed by atoms with Crippen LogP contribution in [0, 0.1) is 23.2 Å². The maximum Gasteiger partial charge on any atom is 0.251 e. The molecule has 0 spiro atoms. The molecule has 0 saturated heterocycles. The minimum absolute atomic E-state index is 0.105. The molecule has 6 heteroatoms. The van der Waals surface area contributed by atoms with E-state index in [2.05, 4.69) is 20.8 Å². The molecular weight excluding hydrogens is 436 g/mol. The molecule has 6 nitrogen and oxygen atoms in total. The standard InChI is InChI=1S/C29H32N4O2/c34-27(30-17-19-1-5-24(6-2-19)26-9-10-32-33-26)25-7-3-20(4-8-25)18-31-28(35)29-14-21-11-22(15-29)13-23(12-21)16-29/h1-10,21-23H,11-18H2,(H,30,34)(H,31,35)(H,32,33). The van der Waals surface area contributed by atoms with E-state index >= 15 is 0 Å². The van der Waals surface area contributed by atoms with Gasteiger partial charge >= 0.3 is 0 Å². The number of nitrogens with zero attached hydrogens (tertiary/aromatic N) is 1. The Labute approximate surface area is 205 Å². The zero-order valence-electron chi connectivity index (χ0n) is 19.9. The normalized spacial score (nSPS) is 26.5. The third-order valence-electron chi connectivity index (χ3n) is 8.41. The topological polar surface area (TPSA) is 86.9 Å². The van der Waals surface area contributed by atoms with Crippen molar-refractivity contribution >= 4 is 11.8 Å². The average molecular weight is 469 g/mol. The third kappa shape index (κ3) is 4.49. The lowest BCUT2D eigenvalue weighted by molar-refractivity contribution is -0.146. The molecule has 4 aliphatic rings. The molecule has 1 aromatic heterocycles. The zero-order valence-corrected chi connectivity index (χ0v) is 19.9. The van der Waals surface area contributed by atoms with Crippen molar-refractivity contribution in [2.24, 2.45) is 23.2 Å². The SMILES string of the molecule is O=C(NCc1ccc(-c2ccn[nH]2)cc1)c1ccc(CNC(=O)C23CC4CC(CC(C4)C2)C3)cc1. The van der Waals surface area contributed by atoms with Gasteiger partial charge in [0.15, 0.2) is 0 Å². The van der Waals surface area contributed by atoms with Crippen molar-refractivity contribution in [1.82, 2.24) is 20.8 Å². The first-order valence-corrected chi connectivity index (χ1v) is 12.8. The minimum Gasteiger partial charge on any atom is -0.352 e. The van der Waals surface area contributed by atoms with Crippen molar-refractivity contribution in [3.05, 3.63) is 77.5 Å². The molecule has 3 aromatic rings. The number of aromatic amines is 1. The number of nitrogens with one attached hydrogen (secondary N) is 3. The Balaban J connectivity index is 1.00. The van der Waals surface area contributed by atoms with Crippen LogP contribution in [-0.4, -0.2) is 22.0 Å². The number of benzene rings is 2. The van der Waals surface area contributed by atoms with Crippen LogP contribution in [0.4, 0.5) is 0 Å². The summed E-state index contributed by atoms with van der Waals surface area (Å²) in [5.41, 5.74) is 4.58. The molecule has 4 fully saturated rings. The summed E-state index contributed by atoms with van der Waals surface area (Å²) in [6, 6.07) is 17.5. The van der Waals surface area contributed by atoms with Crippen LogP contribution < -0.4 is 10.6 Å². The van der Waals surface area contributed by atoms with Gasteiger partial charge in [0.05, 0.1) is 5.69 Å². The first kappa shape index (κ1) is 22.1. The van der Waals surface area contributed by atoms with Crippen molar-refractivity contribution in [3.8, 4) is 11.3 Å². The molecule has 0 radical (unpaired) electrons. The number of aromatic nitrogens is 2. The van der Waals surface area contributed by atoms with Gasteiger partial charge in [0.1, 0.15) is 0 Å². The predicted octanol–water partition coefficient (Wildman–Crippen LogP) is 4.84. The Morgan fingerprint density at radius 2 is 1.37 bits per heavy atom. The molecule has 2 aromatic carbocycles. The van der Waals surface area contributed by atoms with Gasteiger partial charge in [-0.05, 0) is 91.2 Å². The van der Waals surface area contributed by atoms with Crippen molar-refractivity contribution < 1.29 is 9.59 Å². The van der Waals surface area contributed by atoms with E-state index < -0.39 is 0 Å². The van der Waals surface area contributed by atoms with E-state index in [-0.39, 0.29) is 17.2 Å². The number of H-pyrrole nitrogens is 1. The Bertz CT molecular complexity index is 1160. The summed E-state index contributed by atoms with van der Waals surface area (Å²) in [5, 5.41) is 13.1. The zero-order chi connectivity index (χ0) is 23.8. The third-order valence-corrected chi connectivity index (χ3v) is 8.41. The van der Waals surface area contributed by atoms with E-state index in [1.165, 1.54) is 19.3 Å². The molecule has 2 amide bonds. The number of rotatable bonds is 7. The fraction of sp³-hybridized carbons (Fsp3) is 0.414. The highest BCUT2D eigenvalue weighted by molar-refractivity contribution is 5.94. The Hall–Kier alpha value is -3.41. The number of carbonyl (C=O) groups excluding carboxylic acids is 2. The fourth-order valence-corrected chi connectivity index (χ4v) is 7.04. The average Bonchev–Trinajstić information content (AvgIpc) is 3.41. The smallest absolute Gasteiger partial charge is 0.251 e. The van der Waals surface area contributed by atoms with Crippen LogP contribution in [0.15, 0.2) is 60.8 Å². The van der Waals surface area contributed by atoms with Crippen LogP contribution >= 0.6 is 0 Å². The maximum atomic E-state index is 13.2. The highest BCUT2D eigenvalue weighted by Crippen LogP contribution is 2.60. The van der Waals surface area contributed by atoms with E-state index in [9.17, 15) is 9.59 Å². The molecule has 4 bridgehead atoms. The number of hydrogen-bond acceptors (Lipinski definition) is 3. The van der Waals surface area contributed by atoms with Gasteiger partial charge in [-0.2, -0.15) is 5.10 Å². The summed E-state index contributed by atoms with van der Waals surface area (Å²) in [4.78, 5) is 25.8. The highest BCUT2D eigenvalue weighted by Gasteiger charge is 2.54. The molecular formula is C29H32N4O2. The van der Waals surface area contributed by atoms with Crippen LogP contribution in [-0.2, 0) is 17.9 Å². The lowest BCUT2D eigenvalue weighted by Gasteiger charge is -2.55. The van der Waals surface area contributed by atoms with Crippen LogP contribution in [0.3, 0.4) is 0 Å². The molecule has 4 saturated carbocycles. The van der Waals surface area contributed by atoms with Gasteiger partial charge < -0.3 is 10.6 Å². The van der Waals surface area contributed by atoms with Crippen LogP contribution in [0.5, 0.6) is 0 Å². The summed E-state index contributed by atoms with van der Waals surface area (Å²) >= 11 is 0. The Morgan fingerprint density at radius 1 is 0.800 bits per heavy atom. The minimum atomic E-state index is -0.120. The quantitative estimate of drug-likeness (QED) is 0.464. The second-order valence-electron chi connectivity index (χ2n) is 10.9. The van der Waals surface area contributed by atoms with Gasteiger partial charge in [-0.1, -0.05) is 36.4 Å². The first-order valence-electron chi connectivity index (χ1n) is 12.8. The summed E-state index contributed by atoms with van der Waals surface area (Å²) in [6.45, 7) is 0.982. The van der Waals surface area contributed by atoms with Gasteiger partial charge in [0, 0.05) is 30.3 Å². The second-order valence-corrected chi connectivity index (χ2v) is 10.9. The first-order chi connectivity index (χ1) is 17.1. The number of carbonyl (C=O) groups is 2. The highest BCUT2D eigenvalue weighted by atomic mass is 16.2. The monoisotopic (exact) mass is 468 g/mol. The maximum absolute atomic E-state index is 13.2. The second kappa shape index (κ2) is 8.99. The van der Waals surface area contributed by atoms with Crippen molar-refractivity contribution in [3.63, 3.8) is 0 Å². The molecule has 0 atom stereocenters. The van der Waals surface area contributed by atoms with Gasteiger partial charge in [-0.3, -0.25) is 14.7 Å². The van der Waals surface area contributed by atoms with E-state index in [4.69, 9.17) is 0 Å². The van der Waals surface area contributed by atoms with E-state index in [1.807, 2.05) is 54.6 Å². The predicted molar refractivity (Wildman–Crippen MR) is 134 cm³/mol. The summed E-state index contributed by atoms with van der Waals surface area (Å²) in [7, 11) is 0. The Morgan fingerprint density at radius 3 is 1.94 bits per heavy atom. The van der Waals surface area contributed by atoms with Crippen LogP contribution in [0.1, 0.15) is 60.0 Å². The number of amides is 2. The van der Waals surface area contributed by atoms with Gasteiger partial charge in [-0.15, -0.1) is 0 Å². The van der Waals surface area contributed by atoms with Crippen molar-refractivity contribution in [1.29, 1.82) is 0 Å². The molecule has 7 rings (SSSR count). The van der Waals surface area contributed by atoms with Crippen molar-refractivity contribution in [2.75, 3.05) is 0 Å². The van der Waals surface area contributed by atoms with Crippen molar-refractivity contribution in [2.45, 2.75) is 51.6 Å². The van der Waals surface area contributed by atoms with Crippen LogP contribution in [0.2, 0.25) is 0 Å².